The maximum Gasteiger partial charge on any atom is 0.257 e. The largest absolute Gasteiger partial charge is 0.329 e. The van der Waals surface area contributed by atoms with Gasteiger partial charge in [0.1, 0.15) is 5.82 Å². The summed E-state index contributed by atoms with van der Waals surface area (Å²) < 4.78 is 3.92. The summed E-state index contributed by atoms with van der Waals surface area (Å²) >= 11 is 0. The van der Waals surface area contributed by atoms with Gasteiger partial charge in [-0.25, -0.2) is 4.68 Å². The first-order valence-electron chi connectivity index (χ1n) is 8.49. The average Bonchev–Trinajstić information content (AvgIpc) is 3.24. The molecule has 1 aliphatic rings. The number of hydrogen-bond acceptors (Lipinski definition) is 4. The number of amides is 1. The zero-order chi connectivity index (χ0) is 17.4. The minimum atomic E-state index is -0.00743. The van der Waals surface area contributed by atoms with Crippen LogP contribution in [0.15, 0.2) is 36.5 Å². The molecular formula is C18H20N6O. The second-order valence-corrected chi connectivity index (χ2v) is 6.16. The monoisotopic (exact) mass is 336 g/mol. The van der Waals surface area contributed by atoms with Gasteiger partial charge < -0.3 is 9.47 Å². The van der Waals surface area contributed by atoms with Crippen LogP contribution in [0.3, 0.4) is 0 Å². The number of nitrogens with zero attached hydrogens (tertiary/aromatic N) is 6. The lowest BCUT2D eigenvalue weighted by molar-refractivity contribution is 0.0705. The number of fused-ring (bicyclic) bond motifs is 1. The first kappa shape index (κ1) is 15.6. The van der Waals surface area contributed by atoms with Crippen molar-refractivity contribution in [3.63, 3.8) is 0 Å². The van der Waals surface area contributed by atoms with E-state index in [4.69, 9.17) is 0 Å². The Balaban J connectivity index is 1.59. The Labute approximate surface area is 145 Å². The molecule has 0 spiro atoms. The molecule has 0 unspecified atom stereocenters. The maximum atomic E-state index is 13.0. The first-order chi connectivity index (χ1) is 12.2. The molecule has 0 aliphatic carbocycles. The molecule has 3 aromatic rings. The van der Waals surface area contributed by atoms with Crippen molar-refractivity contribution in [2.45, 2.75) is 33.4 Å². The molecule has 0 saturated carbocycles. The van der Waals surface area contributed by atoms with E-state index in [9.17, 15) is 4.79 Å². The summed E-state index contributed by atoms with van der Waals surface area (Å²) in [7, 11) is 0. The van der Waals surface area contributed by atoms with Crippen molar-refractivity contribution in [2.24, 2.45) is 0 Å². The predicted octanol–water partition coefficient (Wildman–Crippen LogP) is 1.99. The number of aryl methyl sites for hydroxylation is 1. The van der Waals surface area contributed by atoms with Crippen molar-refractivity contribution >= 4 is 5.91 Å². The molecule has 3 heterocycles. The molecular weight excluding hydrogens is 316 g/mol. The molecule has 25 heavy (non-hydrogen) atoms. The van der Waals surface area contributed by atoms with Crippen LogP contribution in [-0.2, 0) is 19.5 Å². The molecule has 1 aromatic carbocycles. The Morgan fingerprint density at radius 1 is 1.16 bits per heavy atom. The lowest BCUT2D eigenvalue weighted by Crippen LogP contribution is -2.39. The van der Waals surface area contributed by atoms with Crippen molar-refractivity contribution in [1.29, 1.82) is 0 Å². The fraction of sp³-hybridized carbons (Fsp3) is 0.333. The molecule has 1 amide bonds. The molecule has 0 saturated heterocycles. The van der Waals surface area contributed by atoms with Gasteiger partial charge in [0.25, 0.3) is 5.91 Å². The third kappa shape index (κ3) is 2.61. The van der Waals surface area contributed by atoms with Crippen molar-refractivity contribution < 1.29 is 4.79 Å². The average molecular weight is 336 g/mol. The van der Waals surface area contributed by atoms with Crippen LogP contribution < -0.4 is 0 Å². The molecule has 0 fully saturated rings. The molecule has 2 aromatic heterocycles. The van der Waals surface area contributed by atoms with Crippen molar-refractivity contribution in [3.8, 4) is 5.69 Å². The minimum absolute atomic E-state index is 0.00743. The smallest absolute Gasteiger partial charge is 0.257 e. The van der Waals surface area contributed by atoms with Gasteiger partial charge in [0, 0.05) is 19.5 Å². The number of para-hydroxylation sites is 1. The van der Waals surface area contributed by atoms with Crippen molar-refractivity contribution in [3.05, 3.63) is 59.4 Å². The van der Waals surface area contributed by atoms with E-state index in [1.165, 1.54) is 0 Å². The fourth-order valence-electron chi connectivity index (χ4n) is 3.27. The summed E-state index contributed by atoms with van der Waals surface area (Å²) in [6, 6.07) is 9.83. The molecule has 0 bridgehead atoms. The van der Waals surface area contributed by atoms with Crippen LogP contribution in [0, 0.1) is 6.92 Å². The summed E-state index contributed by atoms with van der Waals surface area (Å²) in [6.45, 7) is 5.88. The molecule has 4 rings (SSSR count). The lowest BCUT2D eigenvalue weighted by atomic mass is 10.2. The van der Waals surface area contributed by atoms with Gasteiger partial charge in [0.05, 0.1) is 29.7 Å². The standard InChI is InChI=1S/C18H20N6O/c1-3-16-20-21-17-12-22(9-10-23(16)17)18(25)15-11-19-24(13(15)2)14-7-5-4-6-8-14/h4-8,11H,3,9-10,12H2,1-2H3. The predicted molar refractivity (Wildman–Crippen MR) is 92.4 cm³/mol. The lowest BCUT2D eigenvalue weighted by Gasteiger charge is -2.27. The summed E-state index contributed by atoms with van der Waals surface area (Å²) in [5.74, 6) is 1.83. The van der Waals surface area contributed by atoms with Crippen molar-refractivity contribution in [1.82, 2.24) is 29.4 Å². The fourth-order valence-corrected chi connectivity index (χ4v) is 3.27. The highest BCUT2D eigenvalue weighted by Crippen LogP contribution is 2.19. The highest BCUT2D eigenvalue weighted by atomic mass is 16.2. The number of hydrogen-bond donors (Lipinski definition) is 0. The van der Waals surface area contributed by atoms with Gasteiger partial charge in [-0.2, -0.15) is 5.10 Å². The topological polar surface area (TPSA) is 68.8 Å². The number of aromatic nitrogens is 5. The summed E-state index contributed by atoms with van der Waals surface area (Å²) in [4.78, 5) is 14.8. The van der Waals surface area contributed by atoms with E-state index >= 15 is 0 Å². The van der Waals surface area contributed by atoms with E-state index < -0.39 is 0 Å². The summed E-state index contributed by atoms with van der Waals surface area (Å²) in [5, 5.41) is 12.8. The van der Waals surface area contributed by atoms with E-state index in [0.717, 1.165) is 36.0 Å². The zero-order valence-electron chi connectivity index (χ0n) is 14.4. The van der Waals surface area contributed by atoms with Crippen LogP contribution in [-0.4, -0.2) is 41.9 Å². The molecule has 0 atom stereocenters. The normalized spacial score (nSPS) is 13.8. The van der Waals surface area contributed by atoms with Crippen LogP contribution in [0.2, 0.25) is 0 Å². The summed E-state index contributed by atoms with van der Waals surface area (Å²) in [6.07, 6.45) is 2.51. The van der Waals surface area contributed by atoms with Gasteiger partial charge in [-0.05, 0) is 19.1 Å². The second-order valence-electron chi connectivity index (χ2n) is 6.16. The highest BCUT2D eigenvalue weighted by Gasteiger charge is 2.27. The molecule has 0 radical (unpaired) electrons. The van der Waals surface area contributed by atoms with Crippen LogP contribution in [0.1, 0.15) is 34.6 Å². The van der Waals surface area contributed by atoms with Crippen LogP contribution in [0.5, 0.6) is 0 Å². The third-order valence-corrected chi connectivity index (χ3v) is 4.67. The summed E-state index contributed by atoms with van der Waals surface area (Å²) in [5.41, 5.74) is 2.43. The van der Waals surface area contributed by atoms with Crippen LogP contribution in [0.4, 0.5) is 0 Å². The van der Waals surface area contributed by atoms with Crippen LogP contribution in [0.25, 0.3) is 5.69 Å². The Morgan fingerprint density at radius 2 is 1.96 bits per heavy atom. The third-order valence-electron chi connectivity index (χ3n) is 4.67. The van der Waals surface area contributed by atoms with Gasteiger partial charge >= 0.3 is 0 Å². The molecule has 1 aliphatic heterocycles. The van der Waals surface area contributed by atoms with E-state index in [-0.39, 0.29) is 5.91 Å². The quantitative estimate of drug-likeness (QED) is 0.733. The van der Waals surface area contributed by atoms with E-state index in [1.54, 1.807) is 10.9 Å². The molecule has 0 N–H and O–H groups in total. The SMILES string of the molecule is CCc1nnc2n1CCN(C(=O)c1cnn(-c3ccccc3)c1C)C2. The second kappa shape index (κ2) is 6.16. The van der Waals surface area contributed by atoms with Gasteiger partial charge in [0.15, 0.2) is 5.82 Å². The Hall–Kier alpha value is -2.96. The molecule has 7 nitrogen and oxygen atoms in total. The highest BCUT2D eigenvalue weighted by molar-refractivity contribution is 5.95. The van der Waals surface area contributed by atoms with Crippen LogP contribution >= 0.6 is 0 Å². The van der Waals surface area contributed by atoms with E-state index in [1.807, 2.05) is 42.2 Å². The van der Waals surface area contributed by atoms with E-state index in [2.05, 4.69) is 26.8 Å². The van der Waals surface area contributed by atoms with Gasteiger partial charge in [0.2, 0.25) is 0 Å². The number of benzene rings is 1. The number of carbonyl (C=O) groups is 1. The number of rotatable bonds is 3. The molecule has 128 valence electrons. The Bertz CT molecular complexity index is 911. The van der Waals surface area contributed by atoms with Gasteiger partial charge in [-0.3, -0.25) is 4.79 Å². The number of carbonyl (C=O) groups excluding carboxylic acids is 1. The van der Waals surface area contributed by atoms with Gasteiger partial charge in [-0.15, -0.1) is 10.2 Å². The first-order valence-corrected chi connectivity index (χ1v) is 8.49. The minimum Gasteiger partial charge on any atom is -0.329 e. The van der Waals surface area contributed by atoms with E-state index in [0.29, 0.717) is 18.7 Å². The zero-order valence-corrected chi connectivity index (χ0v) is 14.4. The Kier molecular flexibility index (Phi) is 3.83. The Morgan fingerprint density at radius 3 is 2.72 bits per heavy atom. The maximum absolute atomic E-state index is 13.0. The molecule has 7 heteroatoms. The van der Waals surface area contributed by atoms with Crippen molar-refractivity contribution in [2.75, 3.05) is 6.54 Å². The van der Waals surface area contributed by atoms with Gasteiger partial charge in [-0.1, -0.05) is 25.1 Å².